The Balaban J connectivity index is 2.33. The summed E-state index contributed by atoms with van der Waals surface area (Å²) in [7, 11) is 0. The smallest absolute Gasteiger partial charge is 0.256 e. The van der Waals surface area contributed by atoms with Crippen LogP contribution >= 0.6 is 0 Å². The molecule has 0 saturated carbocycles. The third-order valence-corrected chi connectivity index (χ3v) is 3.34. The minimum atomic E-state index is -0.303. The molecule has 0 aromatic heterocycles. The molecule has 104 valence electrons. The molecule has 0 heterocycles. The second-order valence-corrected chi connectivity index (χ2v) is 5.19. The van der Waals surface area contributed by atoms with Gasteiger partial charge in [0.05, 0.1) is 0 Å². The summed E-state index contributed by atoms with van der Waals surface area (Å²) in [6.07, 6.45) is 0. The van der Waals surface area contributed by atoms with Crippen molar-refractivity contribution in [2.45, 2.75) is 27.7 Å². The van der Waals surface area contributed by atoms with Crippen LogP contribution in [-0.4, -0.2) is 5.91 Å². The van der Waals surface area contributed by atoms with Crippen molar-refractivity contribution in [3.8, 4) is 0 Å². The molecule has 0 aliphatic heterocycles. The molecule has 0 aliphatic rings. The Bertz CT molecular complexity index is 654. The van der Waals surface area contributed by atoms with Crippen molar-refractivity contribution in [3.05, 3.63) is 64.0 Å². The van der Waals surface area contributed by atoms with Gasteiger partial charge in [-0.2, -0.15) is 0 Å². The molecular weight excluding hydrogens is 253 g/mol. The normalized spacial score (nSPS) is 10.4. The first-order valence-electron chi connectivity index (χ1n) is 6.54. The zero-order valence-electron chi connectivity index (χ0n) is 12.2. The molecule has 3 heteroatoms. The molecule has 2 rings (SSSR count). The Labute approximate surface area is 118 Å². The highest BCUT2D eigenvalue weighted by Crippen LogP contribution is 2.20. The van der Waals surface area contributed by atoms with Crippen molar-refractivity contribution in [2.75, 3.05) is 5.32 Å². The number of amides is 1. The number of benzene rings is 2. The number of anilines is 1. The summed E-state index contributed by atoms with van der Waals surface area (Å²) in [5.74, 6) is -0.460. The lowest BCUT2D eigenvalue weighted by Gasteiger charge is -2.13. The Kier molecular flexibility index (Phi) is 3.89. The van der Waals surface area contributed by atoms with Gasteiger partial charge in [-0.25, -0.2) is 4.39 Å². The third kappa shape index (κ3) is 2.87. The van der Waals surface area contributed by atoms with Crippen LogP contribution in [-0.2, 0) is 0 Å². The van der Waals surface area contributed by atoms with E-state index in [0.717, 1.165) is 16.7 Å². The van der Waals surface area contributed by atoms with Gasteiger partial charge < -0.3 is 5.32 Å². The van der Waals surface area contributed by atoms with Gasteiger partial charge >= 0.3 is 0 Å². The maximum atomic E-state index is 13.1. The van der Waals surface area contributed by atoms with Crippen molar-refractivity contribution in [2.24, 2.45) is 0 Å². The van der Waals surface area contributed by atoms with E-state index in [1.807, 2.05) is 32.9 Å². The molecule has 1 amide bonds. The first-order valence-corrected chi connectivity index (χ1v) is 6.54. The van der Waals surface area contributed by atoms with E-state index in [1.165, 1.54) is 12.1 Å². The maximum Gasteiger partial charge on any atom is 0.256 e. The summed E-state index contributed by atoms with van der Waals surface area (Å²) in [4.78, 5) is 12.4. The van der Waals surface area contributed by atoms with Gasteiger partial charge in [0.15, 0.2) is 0 Å². The van der Waals surface area contributed by atoms with Crippen molar-refractivity contribution < 1.29 is 9.18 Å². The van der Waals surface area contributed by atoms with Crippen molar-refractivity contribution in [1.29, 1.82) is 0 Å². The molecular formula is C17H18FNO. The lowest BCUT2D eigenvalue weighted by Crippen LogP contribution is -2.16. The Morgan fingerprint density at radius 3 is 2.10 bits per heavy atom. The number of rotatable bonds is 2. The van der Waals surface area contributed by atoms with Crippen LogP contribution in [0, 0.1) is 33.5 Å². The molecule has 1 N–H and O–H groups in total. The van der Waals surface area contributed by atoms with Crippen LogP contribution in [0.1, 0.15) is 32.6 Å². The Morgan fingerprint density at radius 2 is 1.55 bits per heavy atom. The van der Waals surface area contributed by atoms with Gasteiger partial charge in [-0.15, -0.1) is 0 Å². The van der Waals surface area contributed by atoms with E-state index in [4.69, 9.17) is 0 Å². The number of aryl methyl sites for hydroxylation is 4. The topological polar surface area (TPSA) is 29.1 Å². The molecule has 2 aromatic carbocycles. The first-order chi connectivity index (χ1) is 9.38. The standard InChI is InChI=1S/C17H18FNO/c1-10-7-12(3)16(13(4)8-10)17(20)19-15-6-5-14(18)9-11(15)2/h5-9H,1-4H3,(H,19,20). The highest BCUT2D eigenvalue weighted by atomic mass is 19.1. The molecule has 2 aromatic rings. The summed E-state index contributed by atoms with van der Waals surface area (Å²) >= 11 is 0. The monoisotopic (exact) mass is 271 g/mol. The average molecular weight is 271 g/mol. The van der Waals surface area contributed by atoms with Gasteiger partial charge in [0, 0.05) is 11.3 Å². The second-order valence-electron chi connectivity index (χ2n) is 5.19. The van der Waals surface area contributed by atoms with Crippen molar-refractivity contribution >= 4 is 11.6 Å². The van der Waals surface area contributed by atoms with E-state index in [9.17, 15) is 9.18 Å². The predicted molar refractivity (Wildman–Crippen MR) is 79.7 cm³/mol. The maximum absolute atomic E-state index is 13.1. The van der Waals surface area contributed by atoms with Crippen LogP contribution in [0.25, 0.3) is 0 Å². The van der Waals surface area contributed by atoms with E-state index < -0.39 is 0 Å². The molecule has 0 atom stereocenters. The number of hydrogen-bond acceptors (Lipinski definition) is 1. The van der Waals surface area contributed by atoms with Gasteiger partial charge in [0.2, 0.25) is 0 Å². The summed E-state index contributed by atoms with van der Waals surface area (Å²) in [5, 5.41) is 2.85. The lowest BCUT2D eigenvalue weighted by molar-refractivity contribution is 0.102. The Morgan fingerprint density at radius 1 is 0.950 bits per heavy atom. The van der Waals surface area contributed by atoms with E-state index in [-0.39, 0.29) is 11.7 Å². The van der Waals surface area contributed by atoms with Crippen LogP contribution in [0.15, 0.2) is 30.3 Å². The molecule has 0 bridgehead atoms. The average Bonchev–Trinajstić information content (AvgIpc) is 2.31. The summed E-state index contributed by atoms with van der Waals surface area (Å²) in [6.45, 7) is 7.62. The van der Waals surface area contributed by atoms with E-state index >= 15 is 0 Å². The van der Waals surface area contributed by atoms with Crippen LogP contribution < -0.4 is 5.32 Å². The largest absolute Gasteiger partial charge is 0.322 e. The molecule has 20 heavy (non-hydrogen) atoms. The molecule has 0 aliphatic carbocycles. The zero-order valence-corrected chi connectivity index (χ0v) is 12.2. The zero-order chi connectivity index (χ0) is 14.9. The summed E-state index contributed by atoms with van der Waals surface area (Å²) in [5.41, 5.74) is 5.05. The molecule has 0 spiro atoms. The van der Waals surface area contributed by atoms with Crippen LogP contribution in [0.5, 0.6) is 0 Å². The van der Waals surface area contributed by atoms with E-state index in [1.54, 1.807) is 13.0 Å². The van der Waals surface area contributed by atoms with Gasteiger partial charge in [-0.05, 0) is 62.6 Å². The molecule has 0 unspecified atom stereocenters. The second kappa shape index (κ2) is 5.45. The fourth-order valence-corrected chi connectivity index (χ4v) is 2.49. The van der Waals surface area contributed by atoms with Crippen LogP contribution in [0.4, 0.5) is 10.1 Å². The number of carbonyl (C=O) groups excluding carboxylic acids is 1. The molecule has 0 radical (unpaired) electrons. The number of halogens is 1. The minimum Gasteiger partial charge on any atom is -0.322 e. The van der Waals surface area contributed by atoms with Gasteiger partial charge in [0.25, 0.3) is 5.91 Å². The van der Waals surface area contributed by atoms with Crippen molar-refractivity contribution in [1.82, 2.24) is 0 Å². The molecule has 0 saturated heterocycles. The molecule has 2 nitrogen and oxygen atoms in total. The number of nitrogens with one attached hydrogen (secondary N) is 1. The van der Waals surface area contributed by atoms with Gasteiger partial charge in [0.1, 0.15) is 5.82 Å². The Hall–Kier alpha value is -2.16. The number of hydrogen-bond donors (Lipinski definition) is 1. The SMILES string of the molecule is Cc1cc(C)c(C(=O)Nc2ccc(F)cc2C)c(C)c1. The van der Waals surface area contributed by atoms with Crippen LogP contribution in [0.3, 0.4) is 0 Å². The summed E-state index contributed by atoms with van der Waals surface area (Å²) < 4.78 is 13.1. The quantitative estimate of drug-likeness (QED) is 0.866. The van der Waals surface area contributed by atoms with E-state index in [2.05, 4.69) is 5.32 Å². The lowest BCUT2D eigenvalue weighted by atomic mass is 9.99. The number of carbonyl (C=O) groups is 1. The van der Waals surface area contributed by atoms with Crippen molar-refractivity contribution in [3.63, 3.8) is 0 Å². The first kappa shape index (κ1) is 14.3. The van der Waals surface area contributed by atoms with Crippen LogP contribution in [0.2, 0.25) is 0 Å². The minimum absolute atomic E-state index is 0.158. The predicted octanol–water partition coefficient (Wildman–Crippen LogP) is 4.31. The molecule has 0 fully saturated rings. The fraction of sp³-hybridized carbons (Fsp3) is 0.235. The summed E-state index contributed by atoms with van der Waals surface area (Å²) in [6, 6.07) is 8.31. The fourth-order valence-electron chi connectivity index (χ4n) is 2.49. The van der Waals surface area contributed by atoms with E-state index in [0.29, 0.717) is 16.8 Å². The van der Waals surface area contributed by atoms with Gasteiger partial charge in [-0.1, -0.05) is 17.7 Å². The highest BCUT2D eigenvalue weighted by Gasteiger charge is 2.14. The third-order valence-electron chi connectivity index (χ3n) is 3.34. The highest BCUT2D eigenvalue weighted by molar-refractivity contribution is 6.06. The van der Waals surface area contributed by atoms with Gasteiger partial charge in [-0.3, -0.25) is 4.79 Å².